The van der Waals surface area contributed by atoms with Gasteiger partial charge in [-0.2, -0.15) is 0 Å². The average Bonchev–Trinajstić information content (AvgIpc) is 2.76. The lowest BCUT2D eigenvalue weighted by Gasteiger charge is -2.23. The second kappa shape index (κ2) is 5.43. The average molecular weight is 311 g/mol. The van der Waals surface area contributed by atoms with Crippen LogP contribution in [0.3, 0.4) is 0 Å². The normalized spacial score (nSPS) is 27.3. The van der Waals surface area contributed by atoms with E-state index in [1.54, 1.807) is 0 Å². The molecule has 0 bridgehead atoms. The number of carboxylic acids is 1. The van der Waals surface area contributed by atoms with Gasteiger partial charge in [-0.25, -0.2) is 0 Å². The van der Waals surface area contributed by atoms with E-state index in [1.807, 2.05) is 12.1 Å². The summed E-state index contributed by atoms with van der Waals surface area (Å²) < 4.78 is 1.07. The molecule has 1 fully saturated rings. The molecule has 1 N–H and O–H groups in total. The molecular formula is C15H19BrO2. The molecule has 0 saturated heterocycles. The topological polar surface area (TPSA) is 37.3 Å². The Hall–Kier alpha value is -0.830. The second-order valence-corrected chi connectivity index (χ2v) is 6.24. The van der Waals surface area contributed by atoms with Gasteiger partial charge in [0.15, 0.2) is 0 Å². The van der Waals surface area contributed by atoms with Crippen LogP contribution < -0.4 is 0 Å². The summed E-state index contributed by atoms with van der Waals surface area (Å²) >= 11 is 3.43. The molecular weight excluding hydrogens is 292 g/mol. The lowest BCUT2D eigenvalue weighted by Crippen LogP contribution is -2.27. The van der Waals surface area contributed by atoms with Crippen molar-refractivity contribution >= 4 is 21.9 Å². The Kier molecular flexibility index (Phi) is 4.10. The minimum Gasteiger partial charge on any atom is -0.481 e. The summed E-state index contributed by atoms with van der Waals surface area (Å²) in [4.78, 5) is 11.5. The SMILES string of the molecule is CCC[C@@]1(C(=O)O)CC[C@H](c2ccc(Br)cc2)C1. The van der Waals surface area contributed by atoms with Crippen molar-refractivity contribution in [2.45, 2.75) is 44.9 Å². The first-order chi connectivity index (χ1) is 8.57. The highest BCUT2D eigenvalue weighted by Gasteiger charge is 2.44. The summed E-state index contributed by atoms with van der Waals surface area (Å²) in [6, 6.07) is 8.29. The summed E-state index contributed by atoms with van der Waals surface area (Å²) in [5.41, 5.74) is 0.796. The van der Waals surface area contributed by atoms with E-state index in [9.17, 15) is 9.90 Å². The van der Waals surface area contributed by atoms with E-state index in [2.05, 4.69) is 35.0 Å². The number of aliphatic carboxylic acids is 1. The van der Waals surface area contributed by atoms with Crippen molar-refractivity contribution in [1.82, 2.24) is 0 Å². The molecule has 0 unspecified atom stereocenters. The van der Waals surface area contributed by atoms with Crippen molar-refractivity contribution in [1.29, 1.82) is 0 Å². The van der Waals surface area contributed by atoms with Crippen LogP contribution in [0.5, 0.6) is 0 Å². The summed E-state index contributed by atoms with van der Waals surface area (Å²) in [5, 5.41) is 9.50. The second-order valence-electron chi connectivity index (χ2n) is 5.33. The van der Waals surface area contributed by atoms with Gasteiger partial charge in [0, 0.05) is 4.47 Å². The minimum absolute atomic E-state index is 0.403. The maximum Gasteiger partial charge on any atom is 0.309 e. The van der Waals surface area contributed by atoms with E-state index in [1.165, 1.54) is 5.56 Å². The molecule has 98 valence electrons. The largest absolute Gasteiger partial charge is 0.481 e. The Morgan fingerprint density at radius 1 is 1.44 bits per heavy atom. The van der Waals surface area contributed by atoms with Crippen LogP contribution in [0.2, 0.25) is 0 Å². The highest BCUT2D eigenvalue weighted by Crippen LogP contribution is 2.49. The van der Waals surface area contributed by atoms with Gasteiger partial charge in [-0.3, -0.25) is 4.79 Å². The van der Waals surface area contributed by atoms with E-state index in [0.29, 0.717) is 5.92 Å². The zero-order valence-corrected chi connectivity index (χ0v) is 12.2. The highest BCUT2D eigenvalue weighted by molar-refractivity contribution is 9.10. The Morgan fingerprint density at radius 3 is 2.67 bits per heavy atom. The van der Waals surface area contributed by atoms with Crippen LogP contribution >= 0.6 is 15.9 Å². The molecule has 1 aromatic carbocycles. The molecule has 2 atom stereocenters. The molecule has 2 nitrogen and oxygen atoms in total. The van der Waals surface area contributed by atoms with Crippen LogP contribution in [0.15, 0.2) is 28.7 Å². The van der Waals surface area contributed by atoms with Gasteiger partial charge >= 0.3 is 5.97 Å². The van der Waals surface area contributed by atoms with Crippen LogP contribution in [0, 0.1) is 5.41 Å². The molecule has 1 aromatic rings. The summed E-state index contributed by atoms with van der Waals surface area (Å²) in [6.07, 6.45) is 4.34. The summed E-state index contributed by atoms with van der Waals surface area (Å²) in [5.74, 6) is -0.204. The van der Waals surface area contributed by atoms with Crippen molar-refractivity contribution in [3.63, 3.8) is 0 Å². The number of hydrogen-bond donors (Lipinski definition) is 1. The molecule has 0 aliphatic heterocycles. The molecule has 0 radical (unpaired) electrons. The van der Waals surface area contributed by atoms with Gasteiger partial charge < -0.3 is 5.11 Å². The first-order valence-corrected chi connectivity index (χ1v) is 7.35. The molecule has 0 spiro atoms. The molecule has 3 heteroatoms. The Balaban J connectivity index is 2.15. The predicted molar refractivity (Wildman–Crippen MR) is 75.7 cm³/mol. The lowest BCUT2D eigenvalue weighted by atomic mass is 9.80. The van der Waals surface area contributed by atoms with Crippen molar-refractivity contribution in [2.24, 2.45) is 5.41 Å². The summed E-state index contributed by atoms with van der Waals surface area (Å²) in [7, 11) is 0. The van der Waals surface area contributed by atoms with Gasteiger partial charge in [0.05, 0.1) is 5.41 Å². The molecule has 0 amide bonds. The van der Waals surface area contributed by atoms with Crippen LogP contribution in [-0.4, -0.2) is 11.1 Å². The lowest BCUT2D eigenvalue weighted by molar-refractivity contribution is -0.149. The first-order valence-electron chi connectivity index (χ1n) is 6.56. The monoisotopic (exact) mass is 310 g/mol. The maximum atomic E-state index is 11.5. The zero-order chi connectivity index (χ0) is 13.2. The van der Waals surface area contributed by atoms with Crippen LogP contribution in [0.1, 0.15) is 50.5 Å². The molecule has 2 rings (SSSR count). The third kappa shape index (κ3) is 2.61. The van der Waals surface area contributed by atoms with E-state index >= 15 is 0 Å². The van der Waals surface area contributed by atoms with Crippen LogP contribution in [-0.2, 0) is 4.79 Å². The zero-order valence-electron chi connectivity index (χ0n) is 10.7. The third-order valence-corrected chi connectivity index (χ3v) is 4.66. The number of benzene rings is 1. The molecule has 1 aliphatic rings. The van der Waals surface area contributed by atoms with E-state index in [0.717, 1.165) is 36.6 Å². The quantitative estimate of drug-likeness (QED) is 0.883. The number of hydrogen-bond acceptors (Lipinski definition) is 1. The Morgan fingerprint density at radius 2 is 2.11 bits per heavy atom. The molecule has 18 heavy (non-hydrogen) atoms. The maximum absolute atomic E-state index is 11.5. The van der Waals surface area contributed by atoms with E-state index in [4.69, 9.17) is 0 Å². The smallest absolute Gasteiger partial charge is 0.309 e. The van der Waals surface area contributed by atoms with Crippen molar-refractivity contribution in [3.05, 3.63) is 34.3 Å². The van der Waals surface area contributed by atoms with Gasteiger partial charge in [0.1, 0.15) is 0 Å². The number of carboxylic acid groups (broad SMARTS) is 1. The minimum atomic E-state index is -0.607. The van der Waals surface area contributed by atoms with E-state index < -0.39 is 11.4 Å². The molecule has 0 aromatic heterocycles. The number of rotatable bonds is 4. The fourth-order valence-corrected chi connectivity index (χ4v) is 3.42. The molecule has 0 heterocycles. The van der Waals surface area contributed by atoms with E-state index in [-0.39, 0.29) is 0 Å². The highest BCUT2D eigenvalue weighted by atomic mass is 79.9. The summed E-state index contributed by atoms with van der Waals surface area (Å²) in [6.45, 7) is 2.07. The molecule has 1 saturated carbocycles. The van der Waals surface area contributed by atoms with Gasteiger partial charge in [-0.1, -0.05) is 41.4 Å². The molecule has 1 aliphatic carbocycles. The fraction of sp³-hybridized carbons (Fsp3) is 0.533. The fourth-order valence-electron chi connectivity index (χ4n) is 3.15. The Labute approximate surface area is 117 Å². The Bertz CT molecular complexity index is 427. The third-order valence-electron chi connectivity index (χ3n) is 4.13. The van der Waals surface area contributed by atoms with Gasteiger partial charge in [-0.15, -0.1) is 0 Å². The van der Waals surface area contributed by atoms with Crippen LogP contribution in [0.25, 0.3) is 0 Å². The van der Waals surface area contributed by atoms with Crippen LogP contribution in [0.4, 0.5) is 0 Å². The van der Waals surface area contributed by atoms with Gasteiger partial charge in [0.25, 0.3) is 0 Å². The van der Waals surface area contributed by atoms with Gasteiger partial charge in [0.2, 0.25) is 0 Å². The number of carbonyl (C=O) groups is 1. The number of halogens is 1. The van der Waals surface area contributed by atoms with Gasteiger partial charge in [-0.05, 0) is 49.3 Å². The standard InChI is InChI=1S/C15H19BrO2/c1-2-8-15(14(17)18)9-7-12(10-15)11-3-5-13(16)6-4-11/h3-6,12H,2,7-10H2,1H3,(H,17,18)/t12-,15+/m0/s1. The van der Waals surface area contributed by atoms with Crippen molar-refractivity contribution in [2.75, 3.05) is 0 Å². The van der Waals surface area contributed by atoms with Crippen molar-refractivity contribution in [3.8, 4) is 0 Å². The first kappa shape index (κ1) is 13.6. The van der Waals surface area contributed by atoms with Crippen molar-refractivity contribution < 1.29 is 9.90 Å². The predicted octanol–water partition coefficient (Wildman–Crippen LogP) is 4.59.